The number of aromatic nitrogens is 1. The minimum absolute atomic E-state index is 0.892. The lowest BCUT2D eigenvalue weighted by molar-refractivity contribution is 1.19. The second-order valence-electron chi connectivity index (χ2n) is 1.96. The number of halogens is 1. The Morgan fingerprint density at radius 2 is 2.50 bits per heavy atom. The van der Waals surface area contributed by atoms with Gasteiger partial charge in [-0.1, -0.05) is 6.08 Å². The van der Waals surface area contributed by atoms with E-state index in [1.165, 1.54) is 5.56 Å². The molecule has 1 heterocycles. The summed E-state index contributed by atoms with van der Waals surface area (Å²) in [5, 5.41) is 0. The molecule has 0 N–H and O–H groups in total. The first-order valence-electron chi connectivity index (χ1n) is 3.04. The summed E-state index contributed by atoms with van der Waals surface area (Å²) in [6.45, 7) is 3.66. The van der Waals surface area contributed by atoms with Gasteiger partial charge in [-0.25, -0.2) is 0 Å². The van der Waals surface area contributed by atoms with Crippen molar-refractivity contribution in [2.45, 2.75) is 6.42 Å². The van der Waals surface area contributed by atoms with Crippen LogP contribution in [0.4, 0.5) is 0 Å². The van der Waals surface area contributed by atoms with Crippen molar-refractivity contribution in [1.82, 2.24) is 4.98 Å². The Balaban J connectivity index is 2.91. The van der Waals surface area contributed by atoms with E-state index in [9.17, 15) is 0 Å². The van der Waals surface area contributed by atoms with Crippen LogP contribution in [0, 0.1) is 0 Å². The van der Waals surface area contributed by atoms with Gasteiger partial charge in [-0.15, -0.1) is 6.58 Å². The molecule has 10 heavy (non-hydrogen) atoms. The molecule has 0 atom stereocenters. The predicted molar refractivity (Wildman–Crippen MR) is 45.8 cm³/mol. The van der Waals surface area contributed by atoms with Gasteiger partial charge < -0.3 is 0 Å². The van der Waals surface area contributed by atoms with E-state index >= 15 is 0 Å². The Hall–Kier alpha value is -0.630. The van der Waals surface area contributed by atoms with Crippen LogP contribution in [0.5, 0.6) is 0 Å². The maximum absolute atomic E-state index is 3.95. The highest BCUT2D eigenvalue weighted by molar-refractivity contribution is 9.10. The highest BCUT2D eigenvalue weighted by Gasteiger charge is 1.93. The zero-order valence-corrected chi connectivity index (χ0v) is 7.13. The molecule has 0 bridgehead atoms. The van der Waals surface area contributed by atoms with Gasteiger partial charge in [-0.3, -0.25) is 4.98 Å². The fourth-order valence-corrected chi connectivity index (χ4v) is 1.14. The molecule has 1 rings (SSSR count). The Bertz CT molecular complexity index is 232. The number of hydrogen-bond acceptors (Lipinski definition) is 1. The topological polar surface area (TPSA) is 12.9 Å². The Morgan fingerprint density at radius 3 is 3.10 bits per heavy atom. The van der Waals surface area contributed by atoms with Crippen LogP contribution >= 0.6 is 15.9 Å². The van der Waals surface area contributed by atoms with Crippen LogP contribution in [-0.4, -0.2) is 4.98 Å². The zero-order chi connectivity index (χ0) is 7.40. The van der Waals surface area contributed by atoms with Crippen molar-refractivity contribution < 1.29 is 0 Å². The number of pyridine rings is 1. The third kappa shape index (κ3) is 1.67. The van der Waals surface area contributed by atoms with Gasteiger partial charge in [0.15, 0.2) is 0 Å². The lowest BCUT2D eigenvalue weighted by Gasteiger charge is -1.96. The first kappa shape index (κ1) is 7.48. The van der Waals surface area contributed by atoms with Crippen LogP contribution in [0.15, 0.2) is 35.6 Å². The molecule has 0 aliphatic rings. The van der Waals surface area contributed by atoms with E-state index in [-0.39, 0.29) is 0 Å². The van der Waals surface area contributed by atoms with E-state index in [4.69, 9.17) is 0 Å². The Kier molecular flexibility index (Phi) is 2.63. The van der Waals surface area contributed by atoms with Crippen molar-refractivity contribution in [3.63, 3.8) is 0 Å². The third-order valence-corrected chi connectivity index (χ3v) is 1.93. The summed E-state index contributed by atoms with van der Waals surface area (Å²) >= 11 is 3.39. The zero-order valence-electron chi connectivity index (χ0n) is 5.55. The molecule has 0 aromatic carbocycles. The fraction of sp³-hybridized carbons (Fsp3) is 0.125. The van der Waals surface area contributed by atoms with Gasteiger partial charge in [-0.05, 0) is 34.0 Å². The minimum atomic E-state index is 0.892. The average molecular weight is 198 g/mol. The largest absolute Gasteiger partial charge is 0.264 e. The van der Waals surface area contributed by atoms with Crippen LogP contribution < -0.4 is 0 Å². The lowest BCUT2D eigenvalue weighted by Crippen LogP contribution is -1.82. The van der Waals surface area contributed by atoms with Gasteiger partial charge >= 0.3 is 0 Å². The molecule has 2 heteroatoms. The van der Waals surface area contributed by atoms with Gasteiger partial charge in [0.1, 0.15) is 0 Å². The Labute approximate surface area is 68.9 Å². The standard InChI is InChI=1S/C8H8BrN/c1-2-3-7-4-5-10-6-8(7)9/h2,4-6H,1,3H2. The van der Waals surface area contributed by atoms with E-state index in [1.807, 2.05) is 12.1 Å². The number of nitrogens with zero attached hydrogens (tertiary/aromatic N) is 1. The molecule has 0 unspecified atom stereocenters. The van der Waals surface area contributed by atoms with Gasteiger partial charge in [0, 0.05) is 16.9 Å². The second kappa shape index (κ2) is 3.52. The van der Waals surface area contributed by atoms with E-state index in [0.29, 0.717) is 0 Å². The maximum Gasteiger partial charge on any atom is 0.0413 e. The van der Waals surface area contributed by atoms with Gasteiger partial charge in [0.25, 0.3) is 0 Å². The van der Waals surface area contributed by atoms with Crippen molar-refractivity contribution in [3.05, 3.63) is 41.2 Å². The summed E-state index contributed by atoms with van der Waals surface area (Å²) in [5.74, 6) is 0. The monoisotopic (exact) mass is 197 g/mol. The molecule has 0 fully saturated rings. The molecule has 0 aliphatic carbocycles. The van der Waals surface area contributed by atoms with Crippen molar-refractivity contribution in [2.24, 2.45) is 0 Å². The average Bonchev–Trinajstić information content (AvgIpc) is 1.94. The van der Waals surface area contributed by atoms with E-state index in [0.717, 1.165) is 10.9 Å². The molecule has 0 spiro atoms. The number of hydrogen-bond donors (Lipinski definition) is 0. The molecule has 1 nitrogen and oxygen atoms in total. The van der Waals surface area contributed by atoms with Crippen LogP contribution in [0.25, 0.3) is 0 Å². The van der Waals surface area contributed by atoms with Crippen LogP contribution in [-0.2, 0) is 6.42 Å². The summed E-state index contributed by atoms with van der Waals surface area (Å²) in [7, 11) is 0. The maximum atomic E-state index is 3.95. The first-order valence-corrected chi connectivity index (χ1v) is 3.83. The minimum Gasteiger partial charge on any atom is -0.264 e. The smallest absolute Gasteiger partial charge is 0.0413 e. The van der Waals surface area contributed by atoms with Crippen LogP contribution in [0.1, 0.15) is 5.56 Å². The van der Waals surface area contributed by atoms with Crippen molar-refractivity contribution in [3.8, 4) is 0 Å². The van der Waals surface area contributed by atoms with E-state index in [2.05, 4.69) is 27.5 Å². The second-order valence-corrected chi connectivity index (χ2v) is 2.81. The summed E-state index contributed by atoms with van der Waals surface area (Å²) in [6, 6.07) is 1.98. The first-order chi connectivity index (χ1) is 4.84. The summed E-state index contributed by atoms with van der Waals surface area (Å²) in [5.41, 5.74) is 1.23. The summed E-state index contributed by atoms with van der Waals surface area (Å²) in [4.78, 5) is 3.95. The van der Waals surface area contributed by atoms with Crippen LogP contribution in [0.3, 0.4) is 0 Å². The van der Waals surface area contributed by atoms with Crippen molar-refractivity contribution >= 4 is 15.9 Å². The molecule has 0 aliphatic heterocycles. The molecule has 0 amide bonds. The highest BCUT2D eigenvalue weighted by atomic mass is 79.9. The molecular weight excluding hydrogens is 190 g/mol. The van der Waals surface area contributed by atoms with Crippen molar-refractivity contribution in [2.75, 3.05) is 0 Å². The molecular formula is C8H8BrN. The van der Waals surface area contributed by atoms with Gasteiger partial charge in [0.2, 0.25) is 0 Å². The van der Waals surface area contributed by atoms with E-state index in [1.54, 1.807) is 12.4 Å². The molecule has 0 saturated heterocycles. The van der Waals surface area contributed by atoms with Gasteiger partial charge in [0.05, 0.1) is 0 Å². The van der Waals surface area contributed by atoms with Gasteiger partial charge in [-0.2, -0.15) is 0 Å². The lowest BCUT2D eigenvalue weighted by atomic mass is 10.2. The van der Waals surface area contributed by atoms with Crippen molar-refractivity contribution in [1.29, 1.82) is 0 Å². The quantitative estimate of drug-likeness (QED) is 0.665. The summed E-state index contributed by atoms with van der Waals surface area (Å²) < 4.78 is 1.05. The molecule has 1 aromatic rings. The van der Waals surface area contributed by atoms with Crippen LogP contribution in [0.2, 0.25) is 0 Å². The summed E-state index contributed by atoms with van der Waals surface area (Å²) in [6.07, 6.45) is 6.34. The molecule has 0 radical (unpaired) electrons. The number of allylic oxidation sites excluding steroid dienone is 1. The molecule has 1 aromatic heterocycles. The van der Waals surface area contributed by atoms with E-state index < -0.39 is 0 Å². The molecule has 0 saturated carbocycles. The third-order valence-electron chi connectivity index (χ3n) is 1.22. The SMILES string of the molecule is C=CCc1ccncc1Br. The predicted octanol–water partition coefficient (Wildman–Crippen LogP) is 2.57. The normalized spacial score (nSPS) is 9.30. The Morgan fingerprint density at radius 1 is 1.70 bits per heavy atom. The molecule has 52 valence electrons. The number of rotatable bonds is 2. The fourth-order valence-electron chi connectivity index (χ4n) is 0.725. The highest BCUT2D eigenvalue weighted by Crippen LogP contribution is 2.14.